The van der Waals surface area contributed by atoms with Crippen LogP contribution < -0.4 is 5.32 Å². The summed E-state index contributed by atoms with van der Waals surface area (Å²) in [5, 5.41) is 3.22. The number of imidazole rings is 1. The van der Waals surface area contributed by atoms with Gasteiger partial charge in [-0.25, -0.2) is 4.98 Å². The van der Waals surface area contributed by atoms with Gasteiger partial charge in [-0.3, -0.25) is 9.69 Å². The summed E-state index contributed by atoms with van der Waals surface area (Å²) in [4.78, 5) is 21.5. The second-order valence-corrected chi connectivity index (χ2v) is 6.71. The van der Waals surface area contributed by atoms with Crippen molar-refractivity contribution in [3.8, 4) is 0 Å². The summed E-state index contributed by atoms with van der Waals surface area (Å²) >= 11 is 0. The van der Waals surface area contributed by atoms with Crippen LogP contribution in [0.3, 0.4) is 0 Å². The Kier molecular flexibility index (Phi) is 4.78. The molecule has 0 unspecified atom stereocenters. The molecule has 1 amide bonds. The van der Waals surface area contributed by atoms with Crippen LogP contribution in [0.1, 0.15) is 31.1 Å². The largest absolute Gasteiger partial charge is 0.345 e. The molecule has 1 aliphatic heterocycles. The molecule has 1 aromatic rings. The van der Waals surface area contributed by atoms with Gasteiger partial charge in [-0.15, -0.1) is 0 Å². The van der Waals surface area contributed by atoms with E-state index in [9.17, 15) is 4.79 Å². The molecule has 1 saturated carbocycles. The van der Waals surface area contributed by atoms with Crippen molar-refractivity contribution in [2.24, 2.45) is 13.0 Å². The first-order valence-electron chi connectivity index (χ1n) is 8.31. The highest BCUT2D eigenvalue weighted by atomic mass is 16.2. The average Bonchev–Trinajstić information content (AvgIpc) is 3.26. The minimum Gasteiger partial charge on any atom is -0.345 e. The van der Waals surface area contributed by atoms with Crippen molar-refractivity contribution in [3.05, 3.63) is 18.2 Å². The summed E-state index contributed by atoms with van der Waals surface area (Å²) in [5.41, 5.74) is 0. The monoisotopic (exact) mass is 305 g/mol. The minimum absolute atomic E-state index is 0.0714. The molecule has 1 saturated heterocycles. The lowest BCUT2D eigenvalue weighted by molar-refractivity contribution is -0.123. The van der Waals surface area contributed by atoms with Gasteiger partial charge >= 0.3 is 0 Å². The molecule has 122 valence electrons. The third-order valence-corrected chi connectivity index (χ3v) is 4.73. The van der Waals surface area contributed by atoms with Crippen LogP contribution in [0.4, 0.5) is 0 Å². The third-order valence-electron chi connectivity index (χ3n) is 4.73. The molecule has 1 N–H and O–H groups in total. The van der Waals surface area contributed by atoms with Crippen molar-refractivity contribution in [3.63, 3.8) is 0 Å². The van der Waals surface area contributed by atoms with Gasteiger partial charge in [-0.1, -0.05) is 0 Å². The fraction of sp³-hybridized carbons (Fsp3) is 0.750. The highest BCUT2D eigenvalue weighted by molar-refractivity contribution is 5.78. The quantitative estimate of drug-likeness (QED) is 0.867. The number of nitrogens with zero attached hydrogens (tertiary/aromatic N) is 4. The van der Waals surface area contributed by atoms with E-state index in [0.29, 0.717) is 12.5 Å². The smallest absolute Gasteiger partial charge is 0.234 e. The molecule has 0 bridgehead atoms. The fourth-order valence-corrected chi connectivity index (χ4v) is 3.18. The standard InChI is InChI=1S/C16H27N5O/c1-19-7-3-8-21(11-10-19)12-14(22)18-15(13-4-5-13)16-17-6-9-20(16)2/h6,9,13,15H,3-5,7-8,10-12H2,1-2H3,(H,18,22)/t15-/m0/s1. The van der Waals surface area contributed by atoms with Crippen molar-refractivity contribution in [1.82, 2.24) is 24.7 Å². The number of nitrogens with one attached hydrogen (secondary N) is 1. The summed E-state index contributed by atoms with van der Waals surface area (Å²) in [7, 11) is 4.14. The van der Waals surface area contributed by atoms with E-state index in [1.165, 1.54) is 12.8 Å². The molecule has 3 rings (SSSR count). The highest BCUT2D eigenvalue weighted by Crippen LogP contribution is 2.40. The first-order chi connectivity index (χ1) is 10.6. The molecular formula is C16H27N5O. The second-order valence-electron chi connectivity index (χ2n) is 6.71. The Morgan fingerprint density at radius 3 is 2.82 bits per heavy atom. The Bertz CT molecular complexity index is 510. The molecule has 1 aromatic heterocycles. The molecule has 22 heavy (non-hydrogen) atoms. The molecular weight excluding hydrogens is 278 g/mol. The Morgan fingerprint density at radius 1 is 1.32 bits per heavy atom. The maximum absolute atomic E-state index is 12.5. The normalized spacial score (nSPS) is 22.3. The lowest BCUT2D eigenvalue weighted by Gasteiger charge is -2.22. The predicted octanol–water partition coefficient (Wildman–Crippen LogP) is 0.625. The van der Waals surface area contributed by atoms with Crippen LogP contribution in [-0.4, -0.2) is 65.0 Å². The molecule has 0 spiro atoms. The molecule has 2 aliphatic rings. The van der Waals surface area contributed by atoms with Gasteiger partial charge in [0.1, 0.15) is 5.82 Å². The Balaban J connectivity index is 1.56. The van der Waals surface area contributed by atoms with Gasteiger partial charge in [0.05, 0.1) is 12.6 Å². The Labute approximate surface area is 132 Å². The van der Waals surface area contributed by atoms with Gasteiger partial charge < -0.3 is 14.8 Å². The molecule has 1 aliphatic carbocycles. The number of carbonyl (C=O) groups excluding carboxylic acids is 1. The summed E-state index contributed by atoms with van der Waals surface area (Å²) < 4.78 is 2.02. The summed E-state index contributed by atoms with van der Waals surface area (Å²) in [6.07, 6.45) is 7.26. The van der Waals surface area contributed by atoms with Crippen molar-refractivity contribution in [2.45, 2.75) is 25.3 Å². The van der Waals surface area contributed by atoms with Crippen molar-refractivity contribution in [1.29, 1.82) is 0 Å². The second kappa shape index (κ2) is 6.79. The van der Waals surface area contributed by atoms with E-state index >= 15 is 0 Å². The first kappa shape index (κ1) is 15.5. The van der Waals surface area contributed by atoms with E-state index in [-0.39, 0.29) is 11.9 Å². The average molecular weight is 305 g/mol. The van der Waals surface area contributed by atoms with Crippen LogP contribution in [0, 0.1) is 5.92 Å². The minimum atomic E-state index is 0.0714. The third kappa shape index (κ3) is 3.87. The summed E-state index contributed by atoms with van der Waals surface area (Å²) in [5.74, 6) is 1.66. The zero-order valence-corrected chi connectivity index (χ0v) is 13.7. The molecule has 2 heterocycles. The lowest BCUT2D eigenvalue weighted by Crippen LogP contribution is -2.41. The number of aryl methyl sites for hydroxylation is 1. The van der Waals surface area contributed by atoms with Crippen LogP contribution in [0.5, 0.6) is 0 Å². The number of amides is 1. The molecule has 0 aromatic carbocycles. The van der Waals surface area contributed by atoms with Crippen molar-refractivity contribution in [2.75, 3.05) is 39.8 Å². The summed E-state index contributed by atoms with van der Waals surface area (Å²) in [6, 6.07) is 0.0714. The van der Waals surface area contributed by atoms with E-state index in [1.54, 1.807) is 0 Å². The Morgan fingerprint density at radius 2 is 2.14 bits per heavy atom. The van der Waals surface area contributed by atoms with Crippen molar-refractivity contribution < 1.29 is 4.79 Å². The highest BCUT2D eigenvalue weighted by Gasteiger charge is 2.35. The van der Waals surface area contributed by atoms with Gasteiger partial charge in [0.2, 0.25) is 5.91 Å². The fourth-order valence-electron chi connectivity index (χ4n) is 3.18. The number of aromatic nitrogens is 2. The van der Waals surface area contributed by atoms with Gasteiger partial charge in [-0.05, 0) is 45.3 Å². The van der Waals surface area contributed by atoms with Gasteiger partial charge in [0.15, 0.2) is 0 Å². The lowest BCUT2D eigenvalue weighted by atomic mass is 10.1. The number of hydrogen-bond acceptors (Lipinski definition) is 4. The predicted molar refractivity (Wildman–Crippen MR) is 85.4 cm³/mol. The number of hydrogen-bond donors (Lipinski definition) is 1. The van der Waals surface area contributed by atoms with Crippen LogP contribution >= 0.6 is 0 Å². The van der Waals surface area contributed by atoms with Gasteiger partial charge in [0, 0.05) is 32.5 Å². The molecule has 0 radical (unpaired) electrons. The maximum atomic E-state index is 12.5. The number of rotatable bonds is 5. The van der Waals surface area contributed by atoms with Crippen LogP contribution in [-0.2, 0) is 11.8 Å². The van der Waals surface area contributed by atoms with Crippen LogP contribution in [0.25, 0.3) is 0 Å². The Hall–Kier alpha value is -1.40. The molecule has 1 atom stereocenters. The van der Waals surface area contributed by atoms with Crippen molar-refractivity contribution >= 4 is 5.91 Å². The molecule has 6 heteroatoms. The molecule has 2 fully saturated rings. The summed E-state index contributed by atoms with van der Waals surface area (Å²) in [6.45, 7) is 4.64. The topological polar surface area (TPSA) is 53.4 Å². The van der Waals surface area contributed by atoms with Gasteiger partial charge in [-0.2, -0.15) is 0 Å². The number of likely N-dealkylation sites (N-methyl/N-ethyl adjacent to an activating group) is 1. The van der Waals surface area contributed by atoms with E-state index in [2.05, 4.69) is 27.1 Å². The van der Waals surface area contributed by atoms with E-state index in [0.717, 1.165) is 38.4 Å². The zero-order valence-electron chi connectivity index (χ0n) is 13.7. The van der Waals surface area contributed by atoms with E-state index in [1.807, 2.05) is 24.0 Å². The van der Waals surface area contributed by atoms with Crippen LogP contribution in [0.15, 0.2) is 12.4 Å². The van der Waals surface area contributed by atoms with Crippen LogP contribution in [0.2, 0.25) is 0 Å². The van der Waals surface area contributed by atoms with E-state index in [4.69, 9.17) is 0 Å². The van der Waals surface area contributed by atoms with E-state index < -0.39 is 0 Å². The number of carbonyl (C=O) groups is 1. The maximum Gasteiger partial charge on any atom is 0.234 e. The molecule has 6 nitrogen and oxygen atoms in total. The first-order valence-corrected chi connectivity index (χ1v) is 8.31. The van der Waals surface area contributed by atoms with Gasteiger partial charge in [0.25, 0.3) is 0 Å². The zero-order chi connectivity index (χ0) is 15.5. The SMILES string of the molecule is CN1CCCN(CC(=O)N[C@H](c2nccn2C)C2CC2)CC1.